The Morgan fingerprint density at radius 3 is 2.57 bits per heavy atom. The van der Waals surface area contributed by atoms with Crippen LogP contribution in [0.15, 0.2) is 53.6 Å². The van der Waals surface area contributed by atoms with Gasteiger partial charge in [-0.25, -0.2) is 0 Å². The average Bonchev–Trinajstić information content (AvgIpc) is 3.00. The molecule has 3 heterocycles. The minimum Gasteiger partial charge on any atom is -0.354 e. The van der Waals surface area contributed by atoms with E-state index in [1.54, 1.807) is 12.4 Å². The van der Waals surface area contributed by atoms with Crippen LogP contribution >= 0.6 is 0 Å². The lowest BCUT2D eigenvalue weighted by Crippen LogP contribution is -2.11. The molecule has 0 aliphatic rings. The Hall–Kier alpha value is -2.88. The first-order valence-corrected chi connectivity index (χ1v) is 7.79. The van der Waals surface area contributed by atoms with E-state index in [1.807, 2.05) is 57.2 Å². The summed E-state index contributed by atoms with van der Waals surface area (Å²) in [4.78, 5) is 22.8. The summed E-state index contributed by atoms with van der Waals surface area (Å²) >= 11 is 0. The molecule has 0 radical (unpaired) electrons. The Kier molecular flexibility index (Phi) is 3.98. The van der Waals surface area contributed by atoms with E-state index in [4.69, 9.17) is 0 Å². The lowest BCUT2D eigenvalue weighted by molar-refractivity contribution is 1.26. The molecule has 0 bridgehead atoms. The van der Waals surface area contributed by atoms with E-state index in [-0.39, 0.29) is 5.56 Å². The second kappa shape index (κ2) is 6.08. The van der Waals surface area contributed by atoms with Gasteiger partial charge in [0.25, 0.3) is 5.56 Å². The third kappa shape index (κ3) is 2.52. The van der Waals surface area contributed by atoms with E-state index in [9.17, 15) is 4.79 Å². The molecular formula is C19H19N3O. The zero-order valence-electron chi connectivity index (χ0n) is 13.5. The number of fused-ring (bicyclic) bond motifs is 2. The van der Waals surface area contributed by atoms with Crippen LogP contribution in [0.25, 0.3) is 33.1 Å². The van der Waals surface area contributed by atoms with Crippen LogP contribution in [0.4, 0.5) is 0 Å². The fraction of sp³-hybridized carbons (Fsp3) is 0.158. The number of aryl methyl sites for hydroxylation is 1. The lowest BCUT2D eigenvalue weighted by Gasteiger charge is -2.07. The summed E-state index contributed by atoms with van der Waals surface area (Å²) in [5.41, 5.74) is 4.25. The summed E-state index contributed by atoms with van der Waals surface area (Å²) in [6.45, 7) is 5.98. The minimum atomic E-state index is -0.0780. The van der Waals surface area contributed by atoms with Crippen molar-refractivity contribution in [3.8, 4) is 11.3 Å². The zero-order chi connectivity index (χ0) is 16.4. The molecule has 116 valence electrons. The molecule has 0 spiro atoms. The number of aromatic amines is 2. The molecule has 0 aliphatic carbocycles. The third-order valence-electron chi connectivity index (χ3n) is 3.87. The van der Waals surface area contributed by atoms with Gasteiger partial charge >= 0.3 is 0 Å². The number of para-hydroxylation sites is 1. The zero-order valence-corrected chi connectivity index (χ0v) is 13.5. The number of hydrogen-bond donors (Lipinski definition) is 2. The van der Waals surface area contributed by atoms with Gasteiger partial charge in [-0.2, -0.15) is 0 Å². The van der Waals surface area contributed by atoms with Crippen LogP contribution < -0.4 is 5.56 Å². The summed E-state index contributed by atoms with van der Waals surface area (Å²) in [6.07, 6.45) is 3.53. The molecular weight excluding hydrogens is 286 g/mol. The Morgan fingerprint density at radius 1 is 1.00 bits per heavy atom. The molecule has 0 atom stereocenters. The Bertz CT molecular complexity index is 995. The van der Waals surface area contributed by atoms with E-state index >= 15 is 0 Å². The summed E-state index contributed by atoms with van der Waals surface area (Å²) in [7, 11) is 0. The summed E-state index contributed by atoms with van der Waals surface area (Å²) < 4.78 is 0. The smallest absolute Gasteiger partial charge is 0.258 e. The second-order valence-electron chi connectivity index (χ2n) is 5.15. The van der Waals surface area contributed by atoms with Crippen LogP contribution in [0.5, 0.6) is 0 Å². The number of pyridine rings is 2. The lowest BCUT2D eigenvalue weighted by atomic mass is 10.0. The van der Waals surface area contributed by atoms with Gasteiger partial charge in [0, 0.05) is 34.2 Å². The molecule has 0 unspecified atom stereocenters. The van der Waals surface area contributed by atoms with Crippen molar-refractivity contribution in [2.45, 2.75) is 20.8 Å². The van der Waals surface area contributed by atoms with Gasteiger partial charge in [-0.1, -0.05) is 32.0 Å². The van der Waals surface area contributed by atoms with E-state index < -0.39 is 0 Å². The molecule has 3 aromatic heterocycles. The summed E-state index contributed by atoms with van der Waals surface area (Å²) in [5.74, 6) is 0. The van der Waals surface area contributed by atoms with Gasteiger partial charge in [-0.15, -0.1) is 0 Å². The number of rotatable bonds is 1. The van der Waals surface area contributed by atoms with Gasteiger partial charge in [0.1, 0.15) is 0 Å². The SMILES string of the molecule is CC.Cc1c(-c2cc3cnccc3[nH]2)c(=O)[nH]c2ccccc12. The first-order chi connectivity index (χ1) is 11.2. The first-order valence-electron chi connectivity index (χ1n) is 7.79. The Balaban J connectivity index is 0.000000753. The van der Waals surface area contributed by atoms with Crippen LogP contribution in [0.3, 0.4) is 0 Å². The first kappa shape index (κ1) is 15.0. The van der Waals surface area contributed by atoms with E-state index in [1.165, 1.54) is 0 Å². The highest BCUT2D eigenvalue weighted by Crippen LogP contribution is 2.27. The Morgan fingerprint density at radius 2 is 1.78 bits per heavy atom. The van der Waals surface area contributed by atoms with Gasteiger partial charge in [0.15, 0.2) is 0 Å². The molecule has 1 aromatic carbocycles. The maximum atomic E-state index is 12.4. The quantitative estimate of drug-likeness (QED) is 0.547. The molecule has 4 nitrogen and oxygen atoms in total. The molecule has 0 amide bonds. The molecule has 2 N–H and O–H groups in total. The standard InChI is InChI=1S/C17H13N3O.C2H6/c1-10-12-4-2-3-5-14(12)20-17(21)16(10)15-8-11-9-18-7-6-13(11)19-15;1-2/h2-9,19H,1H3,(H,20,21);1-2H3. The predicted molar refractivity (Wildman–Crippen MR) is 95.7 cm³/mol. The van der Waals surface area contributed by atoms with Crippen molar-refractivity contribution < 1.29 is 0 Å². The van der Waals surface area contributed by atoms with Crippen molar-refractivity contribution in [3.63, 3.8) is 0 Å². The average molecular weight is 305 g/mol. The molecule has 0 aliphatic heterocycles. The number of H-pyrrole nitrogens is 2. The highest BCUT2D eigenvalue weighted by atomic mass is 16.1. The molecule has 4 heteroatoms. The normalized spacial score (nSPS) is 10.6. The maximum Gasteiger partial charge on any atom is 0.258 e. The van der Waals surface area contributed by atoms with Crippen molar-refractivity contribution in [1.82, 2.24) is 15.0 Å². The van der Waals surface area contributed by atoms with E-state index in [0.29, 0.717) is 5.56 Å². The fourth-order valence-electron chi connectivity index (χ4n) is 2.84. The monoisotopic (exact) mass is 305 g/mol. The maximum absolute atomic E-state index is 12.4. The van der Waals surface area contributed by atoms with Crippen molar-refractivity contribution in [1.29, 1.82) is 0 Å². The highest BCUT2D eigenvalue weighted by Gasteiger charge is 2.13. The number of benzene rings is 1. The van der Waals surface area contributed by atoms with Crippen LogP contribution in [-0.4, -0.2) is 15.0 Å². The number of nitrogens with one attached hydrogen (secondary N) is 2. The molecule has 23 heavy (non-hydrogen) atoms. The highest BCUT2D eigenvalue weighted by molar-refractivity contribution is 5.91. The predicted octanol–water partition coefficient (Wildman–Crippen LogP) is 4.41. The third-order valence-corrected chi connectivity index (χ3v) is 3.87. The van der Waals surface area contributed by atoms with Gasteiger partial charge < -0.3 is 9.97 Å². The van der Waals surface area contributed by atoms with Gasteiger partial charge in [-0.05, 0) is 30.7 Å². The number of hydrogen-bond acceptors (Lipinski definition) is 2. The Labute approximate surface area is 134 Å². The number of nitrogens with zero attached hydrogens (tertiary/aromatic N) is 1. The van der Waals surface area contributed by atoms with Crippen molar-refractivity contribution in [2.24, 2.45) is 0 Å². The van der Waals surface area contributed by atoms with Crippen molar-refractivity contribution in [2.75, 3.05) is 0 Å². The molecule has 4 rings (SSSR count). The van der Waals surface area contributed by atoms with E-state index in [0.717, 1.165) is 33.1 Å². The van der Waals surface area contributed by atoms with Crippen LogP contribution in [0, 0.1) is 6.92 Å². The summed E-state index contributed by atoms with van der Waals surface area (Å²) in [5, 5.41) is 2.06. The van der Waals surface area contributed by atoms with Gasteiger partial charge in [0.05, 0.1) is 11.3 Å². The van der Waals surface area contributed by atoms with Gasteiger partial charge in [-0.3, -0.25) is 9.78 Å². The molecule has 0 saturated heterocycles. The minimum absolute atomic E-state index is 0.0780. The van der Waals surface area contributed by atoms with Crippen molar-refractivity contribution in [3.05, 3.63) is 64.7 Å². The van der Waals surface area contributed by atoms with Crippen LogP contribution in [0.1, 0.15) is 19.4 Å². The van der Waals surface area contributed by atoms with E-state index in [2.05, 4.69) is 15.0 Å². The molecule has 0 saturated carbocycles. The molecule has 0 fully saturated rings. The van der Waals surface area contributed by atoms with Gasteiger partial charge in [0.2, 0.25) is 0 Å². The second-order valence-corrected chi connectivity index (χ2v) is 5.15. The van der Waals surface area contributed by atoms with Crippen LogP contribution in [-0.2, 0) is 0 Å². The number of aromatic nitrogens is 3. The fourth-order valence-corrected chi connectivity index (χ4v) is 2.84. The largest absolute Gasteiger partial charge is 0.354 e. The van der Waals surface area contributed by atoms with Crippen LogP contribution in [0.2, 0.25) is 0 Å². The molecule has 4 aromatic rings. The van der Waals surface area contributed by atoms with Crippen molar-refractivity contribution >= 4 is 21.8 Å². The summed E-state index contributed by atoms with van der Waals surface area (Å²) in [6, 6.07) is 11.7. The topological polar surface area (TPSA) is 61.5 Å².